The van der Waals surface area contributed by atoms with Gasteiger partial charge in [-0.05, 0) is 56.2 Å². The summed E-state index contributed by atoms with van der Waals surface area (Å²) in [6, 6.07) is 14.7. The van der Waals surface area contributed by atoms with E-state index < -0.39 is 5.25 Å². The third kappa shape index (κ3) is 4.77. The van der Waals surface area contributed by atoms with Gasteiger partial charge in [0.1, 0.15) is 0 Å². The van der Waals surface area contributed by atoms with Gasteiger partial charge in [0.25, 0.3) is 5.56 Å². The number of ether oxygens (including phenoxy) is 1. The van der Waals surface area contributed by atoms with Crippen molar-refractivity contribution in [1.82, 2.24) is 9.55 Å². The number of hydrogen-bond acceptors (Lipinski definition) is 5. The Bertz CT molecular complexity index is 1110. The van der Waals surface area contributed by atoms with Gasteiger partial charge in [0, 0.05) is 16.8 Å². The Morgan fingerprint density at radius 1 is 1.30 bits per heavy atom. The SMILES string of the molecule is C[C@@H](Sc1nc2ccccc2c(=O)n1C[C@H]1CCCO1)C(=O)Nc1ccc(Br)cc1. The molecule has 1 amide bonds. The van der Waals surface area contributed by atoms with Gasteiger partial charge in [0.05, 0.1) is 28.8 Å². The summed E-state index contributed by atoms with van der Waals surface area (Å²) in [7, 11) is 0. The van der Waals surface area contributed by atoms with Crippen LogP contribution in [0.4, 0.5) is 5.69 Å². The minimum Gasteiger partial charge on any atom is -0.376 e. The van der Waals surface area contributed by atoms with Crippen LogP contribution in [0.5, 0.6) is 0 Å². The van der Waals surface area contributed by atoms with Gasteiger partial charge in [0.2, 0.25) is 5.91 Å². The highest BCUT2D eigenvalue weighted by atomic mass is 79.9. The van der Waals surface area contributed by atoms with Gasteiger partial charge in [-0.3, -0.25) is 14.2 Å². The molecule has 156 valence electrons. The van der Waals surface area contributed by atoms with Crippen molar-refractivity contribution >= 4 is 50.2 Å². The number of para-hydroxylation sites is 1. The Hall–Kier alpha value is -2.16. The molecule has 3 aromatic rings. The summed E-state index contributed by atoms with van der Waals surface area (Å²) in [6.45, 7) is 2.98. The van der Waals surface area contributed by atoms with Gasteiger partial charge < -0.3 is 10.1 Å². The van der Waals surface area contributed by atoms with Crippen molar-refractivity contribution in [3.8, 4) is 0 Å². The molecule has 1 aliphatic heterocycles. The molecule has 0 radical (unpaired) electrons. The lowest BCUT2D eigenvalue weighted by Crippen LogP contribution is -2.30. The lowest BCUT2D eigenvalue weighted by atomic mass is 10.2. The highest BCUT2D eigenvalue weighted by Crippen LogP contribution is 2.25. The van der Waals surface area contributed by atoms with E-state index in [0.29, 0.717) is 22.6 Å². The molecule has 0 spiro atoms. The van der Waals surface area contributed by atoms with E-state index in [4.69, 9.17) is 9.72 Å². The van der Waals surface area contributed by atoms with Crippen LogP contribution in [0.25, 0.3) is 10.9 Å². The maximum Gasteiger partial charge on any atom is 0.262 e. The largest absolute Gasteiger partial charge is 0.376 e. The van der Waals surface area contributed by atoms with Gasteiger partial charge in [0.15, 0.2) is 5.16 Å². The van der Waals surface area contributed by atoms with Crippen LogP contribution in [-0.4, -0.2) is 33.4 Å². The summed E-state index contributed by atoms with van der Waals surface area (Å²) in [5.74, 6) is -0.145. The van der Waals surface area contributed by atoms with Crippen LogP contribution in [-0.2, 0) is 16.1 Å². The van der Waals surface area contributed by atoms with E-state index in [1.165, 1.54) is 11.8 Å². The average molecular weight is 488 g/mol. The van der Waals surface area contributed by atoms with Crippen LogP contribution in [0.15, 0.2) is 63.0 Å². The molecule has 1 aromatic heterocycles. The first kappa shape index (κ1) is 21.1. The minimum atomic E-state index is -0.433. The molecule has 1 N–H and O–H groups in total. The van der Waals surface area contributed by atoms with Crippen molar-refractivity contribution in [2.24, 2.45) is 0 Å². The number of nitrogens with zero attached hydrogens (tertiary/aromatic N) is 2. The molecule has 1 aliphatic rings. The van der Waals surface area contributed by atoms with Crippen molar-refractivity contribution in [1.29, 1.82) is 0 Å². The van der Waals surface area contributed by atoms with Crippen LogP contribution < -0.4 is 10.9 Å². The lowest BCUT2D eigenvalue weighted by Gasteiger charge is -2.18. The molecule has 2 atom stereocenters. The normalized spacial score (nSPS) is 17.2. The van der Waals surface area contributed by atoms with E-state index in [2.05, 4.69) is 21.2 Å². The van der Waals surface area contributed by atoms with Gasteiger partial charge in [-0.25, -0.2) is 4.98 Å². The van der Waals surface area contributed by atoms with Crippen LogP contribution in [0.1, 0.15) is 19.8 Å². The average Bonchev–Trinajstić information content (AvgIpc) is 3.26. The molecule has 0 saturated carbocycles. The monoisotopic (exact) mass is 487 g/mol. The number of aromatic nitrogens is 2. The number of hydrogen-bond donors (Lipinski definition) is 1. The second-order valence-corrected chi connectivity index (χ2v) is 9.44. The standard InChI is InChI=1S/C22H22BrN3O3S/c1-14(20(27)24-16-10-8-15(23)9-11-16)30-22-25-19-7-3-2-6-18(19)21(28)26(22)13-17-5-4-12-29-17/h2-3,6-11,14,17H,4-5,12-13H2,1H3,(H,24,27)/t14-,17-/m1/s1. The fourth-order valence-electron chi connectivity index (χ4n) is 3.38. The zero-order chi connectivity index (χ0) is 21.1. The van der Waals surface area contributed by atoms with E-state index in [9.17, 15) is 9.59 Å². The van der Waals surface area contributed by atoms with Crippen LogP contribution in [0.2, 0.25) is 0 Å². The molecule has 6 nitrogen and oxygen atoms in total. The molecule has 0 unspecified atom stereocenters. The predicted octanol–water partition coefficient (Wildman–Crippen LogP) is 4.46. The quantitative estimate of drug-likeness (QED) is 0.410. The number of carbonyl (C=O) groups is 1. The summed E-state index contributed by atoms with van der Waals surface area (Å²) in [5.41, 5.74) is 1.26. The van der Waals surface area contributed by atoms with Gasteiger partial charge in [-0.15, -0.1) is 0 Å². The van der Waals surface area contributed by atoms with Gasteiger partial charge >= 0.3 is 0 Å². The molecule has 4 rings (SSSR count). The van der Waals surface area contributed by atoms with E-state index in [1.54, 1.807) is 10.6 Å². The summed E-state index contributed by atoms with van der Waals surface area (Å²) in [6.07, 6.45) is 1.91. The van der Waals surface area contributed by atoms with Gasteiger partial charge in [-0.2, -0.15) is 0 Å². The van der Waals surface area contributed by atoms with Crippen molar-refractivity contribution < 1.29 is 9.53 Å². The van der Waals surface area contributed by atoms with E-state index in [1.807, 2.05) is 49.4 Å². The number of thioether (sulfide) groups is 1. The highest BCUT2D eigenvalue weighted by molar-refractivity contribution is 9.10. The lowest BCUT2D eigenvalue weighted by molar-refractivity contribution is -0.115. The fraction of sp³-hybridized carbons (Fsp3) is 0.318. The molecular weight excluding hydrogens is 466 g/mol. The maximum absolute atomic E-state index is 13.2. The molecule has 30 heavy (non-hydrogen) atoms. The van der Waals surface area contributed by atoms with Crippen molar-refractivity contribution in [3.05, 3.63) is 63.4 Å². The Morgan fingerprint density at radius 2 is 2.07 bits per heavy atom. The summed E-state index contributed by atoms with van der Waals surface area (Å²) in [4.78, 5) is 30.6. The second-order valence-electron chi connectivity index (χ2n) is 7.22. The topological polar surface area (TPSA) is 73.2 Å². The van der Waals surface area contributed by atoms with Crippen molar-refractivity contribution in [2.45, 2.75) is 42.8 Å². The first-order valence-electron chi connectivity index (χ1n) is 9.85. The maximum atomic E-state index is 13.2. The molecule has 8 heteroatoms. The van der Waals surface area contributed by atoms with Crippen LogP contribution in [0.3, 0.4) is 0 Å². The smallest absolute Gasteiger partial charge is 0.262 e. The number of nitrogens with one attached hydrogen (secondary N) is 1. The summed E-state index contributed by atoms with van der Waals surface area (Å²) in [5, 5.41) is 3.59. The third-order valence-corrected chi connectivity index (χ3v) is 6.62. The fourth-order valence-corrected chi connectivity index (χ4v) is 4.56. The Labute approximate surface area is 187 Å². The van der Waals surface area contributed by atoms with Crippen molar-refractivity contribution in [3.63, 3.8) is 0 Å². The van der Waals surface area contributed by atoms with Gasteiger partial charge in [-0.1, -0.05) is 39.8 Å². The first-order valence-corrected chi connectivity index (χ1v) is 11.5. The number of rotatable bonds is 6. The number of halogens is 1. The third-order valence-electron chi connectivity index (χ3n) is 5.00. The molecule has 0 bridgehead atoms. The van der Waals surface area contributed by atoms with Crippen LogP contribution >= 0.6 is 27.7 Å². The zero-order valence-corrected chi connectivity index (χ0v) is 18.9. The number of benzene rings is 2. The first-order chi connectivity index (χ1) is 14.5. The summed E-state index contributed by atoms with van der Waals surface area (Å²) < 4.78 is 8.35. The van der Waals surface area contributed by atoms with Crippen molar-refractivity contribution in [2.75, 3.05) is 11.9 Å². The number of anilines is 1. The Balaban J connectivity index is 1.60. The van der Waals surface area contributed by atoms with E-state index >= 15 is 0 Å². The Morgan fingerprint density at radius 3 is 2.80 bits per heavy atom. The molecule has 0 aliphatic carbocycles. The molecule has 2 aromatic carbocycles. The molecule has 1 fully saturated rings. The second kappa shape index (κ2) is 9.32. The minimum absolute atomic E-state index is 0.00286. The molecular formula is C22H22BrN3O3S. The van der Waals surface area contributed by atoms with E-state index in [-0.39, 0.29) is 17.6 Å². The number of carbonyl (C=O) groups excluding carboxylic acids is 1. The van der Waals surface area contributed by atoms with Crippen LogP contribution in [0, 0.1) is 0 Å². The summed E-state index contributed by atoms with van der Waals surface area (Å²) >= 11 is 4.68. The zero-order valence-electron chi connectivity index (χ0n) is 16.5. The van der Waals surface area contributed by atoms with E-state index in [0.717, 1.165) is 29.6 Å². The molecule has 1 saturated heterocycles. The number of fused-ring (bicyclic) bond motifs is 1. The predicted molar refractivity (Wildman–Crippen MR) is 123 cm³/mol. The number of amides is 1. The highest BCUT2D eigenvalue weighted by Gasteiger charge is 2.23. The Kier molecular flexibility index (Phi) is 6.55. The molecule has 2 heterocycles.